The van der Waals surface area contributed by atoms with E-state index in [1.54, 1.807) is 12.1 Å². The molecule has 3 aromatic rings. The average Bonchev–Trinajstić information content (AvgIpc) is 3.21. The number of amides is 1. The van der Waals surface area contributed by atoms with Gasteiger partial charge in [-0.25, -0.2) is 9.87 Å². The van der Waals surface area contributed by atoms with Gasteiger partial charge in [0.05, 0.1) is 6.61 Å². The number of aliphatic hydroxyl groups is 1. The summed E-state index contributed by atoms with van der Waals surface area (Å²) in [4.78, 5) is 16.3. The number of hydrogen-bond donors (Lipinski definition) is 4. The molecule has 1 aromatic heterocycles. The SMILES string of the molecule is O=C(/C=C/c1ccc(CN(CCO)CCc2cccc3cc[nH]c23)c(F)c1)NO. The van der Waals surface area contributed by atoms with Crippen molar-refractivity contribution in [3.05, 3.63) is 77.2 Å². The third-order valence-corrected chi connectivity index (χ3v) is 4.80. The van der Waals surface area contributed by atoms with Crippen LogP contribution in [0.3, 0.4) is 0 Å². The number of carbonyl (C=O) groups excluding carboxylic acids is 1. The normalized spacial score (nSPS) is 11.6. The number of nitrogens with zero attached hydrogens (tertiary/aromatic N) is 1. The van der Waals surface area contributed by atoms with E-state index in [9.17, 15) is 14.3 Å². The van der Waals surface area contributed by atoms with Gasteiger partial charge in [0.25, 0.3) is 5.91 Å². The number of hydrogen-bond acceptors (Lipinski definition) is 4. The summed E-state index contributed by atoms with van der Waals surface area (Å²) < 4.78 is 14.5. The molecule has 7 heteroatoms. The summed E-state index contributed by atoms with van der Waals surface area (Å²) in [5.41, 5.74) is 4.80. The number of aromatic amines is 1. The van der Waals surface area contributed by atoms with E-state index in [1.165, 1.54) is 23.2 Å². The van der Waals surface area contributed by atoms with E-state index in [0.717, 1.165) is 23.4 Å². The third kappa shape index (κ3) is 5.51. The lowest BCUT2D eigenvalue weighted by Crippen LogP contribution is -2.29. The largest absolute Gasteiger partial charge is 0.395 e. The number of rotatable bonds is 9. The van der Waals surface area contributed by atoms with Gasteiger partial charge >= 0.3 is 0 Å². The van der Waals surface area contributed by atoms with Crippen molar-refractivity contribution < 1.29 is 19.5 Å². The van der Waals surface area contributed by atoms with Crippen LogP contribution in [0.1, 0.15) is 16.7 Å². The van der Waals surface area contributed by atoms with Crippen molar-refractivity contribution in [1.29, 1.82) is 0 Å². The number of aromatic nitrogens is 1. The Morgan fingerprint density at radius 3 is 2.79 bits per heavy atom. The summed E-state index contributed by atoms with van der Waals surface area (Å²) in [6, 6.07) is 12.9. The molecule has 0 aliphatic heterocycles. The molecule has 0 radical (unpaired) electrons. The summed E-state index contributed by atoms with van der Waals surface area (Å²) in [5.74, 6) is -1.06. The number of fused-ring (bicyclic) bond motifs is 1. The van der Waals surface area contributed by atoms with Crippen LogP contribution in [0.25, 0.3) is 17.0 Å². The van der Waals surface area contributed by atoms with E-state index >= 15 is 0 Å². The zero-order valence-corrected chi connectivity index (χ0v) is 15.9. The van der Waals surface area contributed by atoms with E-state index in [0.29, 0.717) is 30.8 Å². The summed E-state index contributed by atoms with van der Waals surface area (Å²) >= 11 is 0. The van der Waals surface area contributed by atoms with Crippen molar-refractivity contribution in [2.45, 2.75) is 13.0 Å². The Kier molecular flexibility index (Phi) is 7.13. The fraction of sp³-hybridized carbons (Fsp3) is 0.227. The predicted octanol–water partition coefficient (Wildman–Crippen LogP) is 2.86. The van der Waals surface area contributed by atoms with Gasteiger partial charge in [-0.3, -0.25) is 14.9 Å². The molecule has 3 rings (SSSR count). The number of para-hydroxylation sites is 1. The van der Waals surface area contributed by atoms with Gasteiger partial charge in [-0.2, -0.15) is 0 Å². The summed E-state index contributed by atoms with van der Waals surface area (Å²) in [6.45, 7) is 1.48. The molecule has 1 amide bonds. The zero-order valence-electron chi connectivity index (χ0n) is 15.9. The molecule has 0 aliphatic carbocycles. The highest BCUT2D eigenvalue weighted by Gasteiger charge is 2.11. The number of H-pyrrole nitrogens is 1. The molecule has 1 heterocycles. The van der Waals surface area contributed by atoms with Crippen LogP contribution in [0.2, 0.25) is 0 Å². The highest BCUT2D eigenvalue weighted by atomic mass is 19.1. The van der Waals surface area contributed by atoms with Crippen LogP contribution < -0.4 is 5.48 Å². The molecule has 4 N–H and O–H groups in total. The van der Waals surface area contributed by atoms with Gasteiger partial charge in [-0.05, 0) is 41.1 Å². The van der Waals surface area contributed by atoms with Crippen LogP contribution in [0.4, 0.5) is 4.39 Å². The molecule has 29 heavy (non-hydrogen) atoms. The highest BCUT2D eigenvalue weighted by molar-refractivity contribution is 5.90. The molecule has 0 bridgehead atoms. The first-order valence-electron chi connectivity index (χ1n) is 9.39. The maximum absolute atomic E-state index is 14.5. The number of halogens is 1. The molecular weight excluding hydrogens is 373 g/mol. The van der Waals surface area contributed by atoms with Crippen LogP contribution in [-0.2, 0) is 17.8 Å². The van der Waals surface area contributed by atoms with E-state index in [4.69, 9.17) is 5.21 Å². The van der Waals surface area contributed by atoms with E-state index < -0.39 is 5.91 Å². The lowest BCUT2D eigenvalue weighted by molar-refractivity contribution is -0.124. The van der Waals surface area contributed by atoms with Crippen molar-refractivity contribution in [1.82, 2.24) is 15.4 Å². The van der Waals surface area contributed by atoms with Crippen LogP contribution in [0.5, 0.6) is 0 Å². The van der Waals surface area contributed by atoms with Crippen molar-refractivity contribution in [3.63, 3.8) is 0 Å². The van der Waals surface area contributed by atoms with Gasteiger partial charge < -0.3 is 10.1 Å². The third-order valence-electron chi connectivity index (χ3n) is 4.80. The highest BCUT2D eigenvalue weighted by Crippen LogP contribution is 2.19. The second-order valence-corrected chi connectivity index (χ2v) is 6.77. The predicted molar refractivity (Wildman–Crippen MR) is 110 cm³/mol. The molecule has 0 saturated heterocycles. The zero-order chi connectivity index (χ0) is 20.6. The number of carbonyl (C=O) groups is 1. The number of nitrogens with one attached hydrogen (secondary N) is 2. The molecule has 152 valence electrons. The van der Waals surface area contributed by atoms with Crippen molar-refractivity contribution in [2.24, 2.45) is 0 Å². The Balaban J connectivity index is 1.67. The van der Waals surface area contributed by atoms with Gasteiger partial charge in [-0.15, -0.1) is 0 Å². The van der Waals surface area contributed by atoms with Crippen LogP contribution in [0, 0.1) is 5.82 Å². The number of benzene rings is 2. The topological polar surface area (TPSA) is 88.6 Å². The van der Waals surface area contributed by atoms with E-state index in [2.05, 4.69) is 17.1 Å². The maximum Gasteiger partial charge on any atom is 0.267 e. The Bertz CT molecular complexity index is 1000. The van der Waals surface area contributed by atoms with Gasteiger partial charge in [0.1, 0.15) is 5.82 Å². The molecule has 0 fully saturated rings. The van der Waals surface area contributed by atoms with Crippen molar-refractivity contribution >= 4 is 22.9 Å². The molecular formula is C22H24FN3O3. The lowest BCUT2D eigenvalue weighted by Gasteiger charge is -2.22. The molecule has 0 atom stereocenters. The van der Waals surface area contributed by atoms with Gasteiger partial charge in [0, 0.05) is 43.0 Å². The first-order chi connectivity index (χ1) is 14.1. The molecule has 6 nitrogen and oxygen atoms in total. The molecule has 0 aliphatic rings. The minimum Gasteiger partial charge on any atom is -0.395 e. The van der Waals surface area contributed by atoms with E-state index in [1.807, 2.05) is 23.2 Å². The number of aliphatic hydroxyl groups excluding tert-OH is 1. The number of hydroxylamine groups is 1. The monoisotopic (exact) mass is 397 g/mol. The van der Waals surface area contributed by atoms with Gasteiger partial charge in [-0.1, -0.05) is 30.3 Å². The van der Waals surface area contributed by atoms with Gasteiger partial charge in [0.15, 0.2) is 0 Å². The van der Waals surface area contributed by atoms with Crippen molar-refractivity contribution in [2.75, 3.05) is 19.7 Å². The van der Waals surface area contributed by atoms with Crippen LogP contribution >= 0.6 is 0 Å². The second kappa shape index (κ2) is 9.97. The van der Waals surface area contributed by atoms with Crippen LogP contribution in [-0.4, -0.2) is 45.8 Å². The lowest BCUT2D eigenvalue weighted by atomic mass is 10.1. The Hall–Kier alpha value is -3.00. The first-order valence-corrected chi connectivity index (χ1v) is 9.39. The molecule has 0 spiro atoms. The molecule has 2 aromatic carbocycles. The quantitative estimate of drug-likeness (QED) is 0.254. The minimum absolute atomic E-state index is 0.00852. The fourth-order valence-electron chi connectivity index (χ4n) is 3.29. The Morgan fingerprint density at radius 2 is 2.03 bits per heavy atom. The summed E-state index contributed by atoms with van der Waals surface area (Å²) in [6.07, 6.45) is 5.22. The smallest absolute Gasteiger partial charge is 0.267 e. The Labute approximate surface area is 168 Å². The van der Waals surface area contributed by atoms with Crippen molar-refractivity contribution in [3.8, 4) is 0 Å². The molecule has 0 saturated carbocycles. The summed E-state index contributed by atoms with van der Waals surface area (Å²) in [7, 11) is 0. The van der Waals surface area contributed by atoms with Gasteiger partial charge in [0.2, 0.25) is 0 Å². The maximum atomic E-state index is 14.5. The van der Waals surface area contributed by atoms with Crippen LogP contribution in [0.15, 0.2) is 54.7 Å². The summed E-state index contributed by atoms with van der Waals surface area (Å²) in [5, 5.41) is 19.0. The average molecular weight is 397 g/mol. The first kappa shape index (κ1) is 20.7. The molecule has 0 unspecified atom stereocenters. The fourth-order valence-corrected chi connectivity index (χ4v) is 3.29. The second-order valence-electron chi connectivity index (χ2n) is 6.77. The van der Waals surface area contributed by atoms with E-state index in [-0.39, 0.29) is 12.4 Å². The Morgan fingerprint density at radius 1 is 1.17 bits per heavy atom. The standard InChI is InChI=1S/C22H24FN3O3/c23-20-14-16(5-7-21(28)25-29)4-6-19(20)15-26(12-13-27)11-9-18-3-1-2-17-8-10-24-22(17)18/h1-8,10,14,24,27,29H,9,11-13,15H2,(H,25,28)/b7-5+. The minimum atomic E-state index is -0.680.